The molecule has 12 unspecified atom stereocenters. The molecule has 0 aromatic heterocycles. The van der Waals surface area contributed by atoms with Crippen molar-refractivity contribution < 1.29 is 64.6 Å². The summed E-state index contributed by atoms with van der Waals surface area (Å²) < 4.78 is 22.6. The SMILES string of the molecule is CC/C=C\C/C=C\C/C=C\C/C=C\C/C=C\C/C=C\CCC(=O)NC(COC1OC(CO)C(OC2OC(CO)C(O)C(O)C2O)C(O)C1O)C(O)/C=C/CC/C=C/CC/C=C/CCCCCC. The lowest BCUT2D eigenvalue weighted by Gasteiger charge is -2.46. The largest absolute Gasteiger partial charge is 0.394 e. The number of carbonyl (C=O) groups excluding carboxylic acids is 1. The Labute approximate surface area is 400 Å². The number of aliphatic hydroxyl groups excluding tert-OH is 8. The second-order valence-corrected chi connectivity index (χ2v) is 16.8. The lowest BCUT2D eigenvalue weighted by Crippen LogP contribution is -2.65. The number of amides is 1. The monoisotopic (exact) mass is 944 g/mol. The van der Waals surface area contributed by atoms with Crippen LogP contribution < -0.4 is 5.32 Å². The highest BCUT2D eigenvalue weighted by Crippen LogP contribution is 2.30. The van der Waals surface area contributed by atoms with Crippen molar-refractivity contribution in [3.8, 4) is 0 Å². The zero-order valence-electron chi connectivity index (χ0n) is 40.1. The fourth-order valence-electron chi connectivity index (χ4n) is 7.17. The molecule has 0 saturated carbocycles. The van der Waals surface area contributed by atoms with Crippen molar-refractivity contribution in [2.24, 2.45) is 0 Å². The Morgan fingerprint density at radius 3 is 1.60 bits per heavy atom. The lowest BCUT2D eigenvalue weighted by atomic mass is 9.97. The topological polar surface area (TPSA) is 228 Å². The van der Waals surface area contributed by atoms with Crippen LogP contribution in [0.1, 0.15) is 123 Å². The standard InChI is InChI=1S/C53H85NO13/c1-3-5-7-9-11-13-15-17-19-20-21-22-23-25-27-29-31-33-35-37-45(58)54-41(42(57)36-34-32-30-28-26-24-18-16-14-12-10-8-6-4-2)40-64-52-50(63)48(61)51(44(39-56)66-52)67-53-49(62)47(60)46(59)43(38-55)65-53/h5,7,11,13-14,16-17,19,21-22,25-28,31,33-34,36,41-44,46-53,55-57,59-63H,3-4,6,8-10,12,15,18,20,23-24,29-30,32,35,37-40H2,1-2H3,(H,54,58)/b7-5-,13-11-,16-14+,19-17-,22-21-,27-25-,28-26+,33-31-,36-34+. The maximum atomic E-state index is 13.1. The number of unbranched alkanes of at least 4 members (excludes halogenated alkanes) is 6. The molecule has 67 heavy (non-hydrogen) atoms. The second kappa shape index (κ2) is 38.5. The van der Waals surface area contributed by atoms with E-state index >= 15 is 0 Å². The Bertz CT molecular complexity index is 1540. The summed E-state index contributed by atoms with van der Waals surface area (Å²) in [7, 11) is 0. The van der Waals surface area contributed by atoms with E-state index in [4.69, 9.17) is 18.9 Å². The van der Waals surface area contributed by atoms with Gasteiger partial charge >= 0.3 is 0 Å². The van der Waals surface area contributed by atoms with Gasteiger partial charge in [-0.2, -0.15) is 0 Å². The molecule has 2 aliphatic heterocycles. The minimum atomic E-state index is -1.80. The van der Waals surface area contributed by atoms with Gasteiger partial charge in [-0.1, -0.05) is 142 Å². The van der Waals surface area contributed by atoms with E-state index in [0.29, 0.717) is 12.8 Å². The first-order valence-electron chi connectivity index (χ1n) is 24.6. The summed E-state index contributed by atoms with van der Waals surface area (Å²) in [6.07, 6.45) is 35.7. The normalized spacial score (nSPS) is 27.6. The number of allylic oxidation sites excluding steroid dienone is 17. The zero-order chi connectivity index (χ0) is 48.9. The number of nitrogens with one attached hydrogen (secondary N) is 1. The quantitative estimate of drug-likeness (QED) is 0.0257. The van der Waals surface area contributed by atoms with Gasteiger partial charge in [-0.15, -0.1) is 0 Å². The van der Waals surface area contributed by atoms with Crippen LogP contribution in [0.5, 0.6) is 0 Å². The van der Waals surface area contributed by atoms with Crippen LogP contribution in [0.2, 0.25) is 0 Å². The smallest absolute Gasteiger partial charge is 0.220 e. The minimum absolute atomic E-state index is 0.138. The van der Waals surface area contributed by atoms with Gasteiger partial charge in [0.25, 0.3) is 0 Å². The Balaban J connectivity index is 1.93. The Morgan fingerprint density at radius 1 is 0.552 bits per heavy atom. The molecule has 0 radical (unpaired) electrons. The van der Waals surface area contributed by atoms with E-state index in [9.17, 15) is 45.6 Å². The van der Waals surface area contributed by atoms with Gasteiger partial charge in [0.2, 0.25) is 5.91 Å². The summed E-state index contributed by atoms with van der Waals surface area (Å²) in [4.78, 5) is 13.1. The number of hydrogen-bond donors (Lipinski definition) is 9. The van der Waals surface area contributed by atoms with Gasteiger partial charge in [0.05, 0.1) is 32.0 Å². The molecule has 9 N–H and O–H groups in total. The molecule has 2 fully saturated rings. The number of ether oxygens (including phenoxy) is 4. The van der Waals surface area contributed by atoms with Gasteiger partial charge in [-0.05, 0) is 83.5 Å². The third-order valence-electron chi connectivity index (χ3n) is 11.2. The first-order valence-corrected chi connectivity index (χ1v) is 24.6. The summed E-state index contributed by atoms with van der Waals surface area (Å²) in [5, 5.41) is 86.6. The minimum Gasteiger partial charge on any atom is -0.394 e. The average molecular weight is 944 g/mol. The van der Waals surface area contributed by atoms with Gasteiger partial charge in [0, 0.05) is 6.42 Å². The molecule has 1 amide bonds. The predicted molar refractivity (Wildman–Crippen MR) is 262 cm³/mol. The first kappa shape index (κ1) is 59.8. The van der Waals surface area contributed by atoms with Crippen LogP contribution in [0.15, 0.2) is 109 Å². The molecule has 0 bridgehead atoms. The van der Waals surface area contributed by atoms with Crippen molar-refractivity contribution in [2.45, 2.75) is 197 Å². The van der Waals surface area contributed by atoms with Crippen LogP contribution in [0.3, 0.4) is 0 Å². The molecule has 12 atom stereocenters. The molecular formula is C53H85NO13. The molecule has 14 heteroatoms. The van der Waals surface area contributed by atoms with Gasteiger partial charge in [0.15, 0.2) is 12.6 Å². The molecule has 2 rings (SSSR count). The number of hydrogen-bond acceptors (Lipinski definition) is 13. The van der Waals surface area contributed by atoms with Crippen LogP contribution >= 0.6 is 0 Å². The lowest BCUT2D eigenvalue weighted by molar-refractivity contribution is -0.359. The molecule has 2 heterocycles. The van der Waals surface area contributed by atoms with Crippen molar-refractivity contribution in [1.29, 1.82) is 0 Å². The highest BCUT2D eigenvalue weighted by atomic mass is 16.7. The van der Waals surface area contributed by atoms with Crippen LogP contribution in [-0.2, 0) is 23.7 Å². The van der Waals surface area contributed by atoms with Crippen LogP contribution in [-0.4, -0.2) is 140 Å². The molecular weight excluding hydrogens is 859 g/mol. The van der Waals surface area contributed by atoms with Crippen molar-refractivity contribution in [3.05, 3.63) is 109 Å². The molecule has 2 aliphatic rings. The summed E-state index contributed by atoms with van der Waals surface area (Å²) in [5.74, 6) is -0.343. The van der Waals surface area contributed by atoms with Gasteiger partial charge < -0.3 is 65.1 Å². The van der Waals surface area contributed by atoms with E-state index in [-0.39, 0.29) is 18.9 Å². The zero-order valence-corrected chi connectivity index (χ0v) is 40.1. The highest BCUT2D eigenvalue weighted by Gasteiger charge is 2.51. The Kier molecular flexibility index (Phi) is 34.3. The van der Waals surface area contributed by atoms with Crippen LogP contribution in [0, 0.1) is 0 Å². The van der Waals surface area contributed by atoms with E-state index in [1.807, 2.05) is 18.2 Å². The maximum absolute atomic E-state index is 13.1. The van der Waals surface area contributed by atoms with E-state index in [1.54, 1.807) is 6.08 Å². The molecule has 0 aromatic carbocycles. The van der Waals surface area contributed by atoms with Crippen molar-refractivity contribution in [3.63, 3.8) is 0 Å². The van der Waals surface area contributed by atoms with Crippen molar-refractivity contribution in [1.82, 2.24) is 5.32 Å². The van der Waals surface area contributed by atoms with Crippen LogP contribution in [0.25, 0.3) is 0 Å². The summed E-state index contributed by atoms with van der Waals surface area (Å²) >= 11 is 0. The summed E-state index contributed by atoms with van der Waals surface area (Å²) in [6, 6.07) is -0.984. The van der Waals surface area contributed by atoms with Crippen LogP contribution in [0.4, 0.5) is 0 Å². The van der Waals surface area contributed by atoms with Crippen molar-refractivity contribution >= 4 is 5.91 Å². The molecule has 14 nitrogen and oxygen atoms in total. The Hall–Kier alpha value is -3.35. The van der Waals surface area contributed by atoms with E-state index in [2.05, 4.69) is 104 Å². The second-order valence-electron chi connectivity index (χ2n) is 16.8. The Morgan fingerprint density at radius 2 is 1.04 bits per heavy atom. The molecule has 0 aromatic rings. The van der Waals surface area contributed by atoms with Gasteiger partial charge in [0.1, 0.15) is 48.8 Å². The molecule has 0 spiro atoms. The third-order valence-corrected chi connectivity index (χ3v) is 11.2. The number of carbonyl (C=O) groups is 1. The van der Waals surface area contributed by atoms with E-state index in [0.717, 1.165) is 64.2 Å². The highest BCUT2D eigenvalue weighted by molar-refractivity contribution is 5.76. The summed E-state index contributed by atoms with van der Waals surface area (Å²) in [6.45, 7) is 2.53. The average Bonchev–Trinajstić information content (AvgIpc) is 3.32. The fourth-order valence-corrected chi connectivity index (χ4v) is 7.17. The molecule has 0 aliphatic carbocycles. The molecule has 380 valence electrons. The van der Waals surface area contributed by atoms with Gasteiger partial charge in [-0.3, -0.25) is 4.79 Å². The van der Waals surface area contributed by atoms with E-state index in [1.165, 1.54) is 25.7 Å². The van der Waals surface area contributed by atoms with Gasteiger partial charge in [-0.25, -0.2) is 0 Å². The maximum Gasteiger partial charge on any atom is 0.220 e. The summed E-state index contributed by atoms with van der Waals surface area (Å²) in [5.41, 5.74) is 0. The number of rotatable bonds is 35. The fraction of sp³-hybridized carbons (Fsp3) is 0.642. The number of aliphatic hydroxyl groups is 8. The molecule has 2 saturated heterocycles. The predicted octanol–water partition coefficient (Wildman–Crippen LogP) is 6.15. The van der Waals surface area contributed by atoms with E-state index < -0.39 is 86.8 Å². The third kappa shape index (κ3) is 25.7. The first-order chi connectivity index (χ1) is 32.6. The van der Waals surface area contributed by atoms with Crippen molar-refractivity contribution in [2.75, 3.05) is 19.8 Å².